The normalized spacial score (nSPS) is 17.2. The molecule has 216 valence electrons. The fraction of sp³-hybridized carbons (Fsp3) is 0.323. The molecule has 0 unspecified atom stereocenters. The second-order valence-corrected chi connectivity index (χ2v) is 11.6. The Hall–Kier alpha value is -4.93. The molecule has 1 fully saturated rings. The van der Waals surface area contributed by atoms with E-state index in [1.165, 1.54) is 6.33 Å². The Labute approximate surface area is 243 Å². The molecule has 2 amide bonds. The van der Waals surface area contributed by atoms with Crippen molar-refractivity contribution in [2.24, 2.45) is 0 Å². The van der Waals surface area contributed by atoms with Crippen LogP contribution >= 0.6 is 0 Å². The molecule has 5 aromatic rings. The highest BCUT2D eigenvalue weighted by atomic mass is 16.5. The summed E-state index contributed by atoms with van der Waals surface area (Å²) in [5, 5.41) is 15.5. The van der Waals surface area contributed by atoms with Gasteiger partial charge < -0.3 is 20.3 Å². The van der Waals surface area contributed by atoms with Crippen molar-refractivity contribution in [1.29, 1.82) is 0 Å². The molecule has 4 N–H and O–H groups in total. The number of aromatic nitrogens is 5. The molecule has 0 atom stereocenters. The van der Waals surface area contributed by atoms with Crippen molar-refractivity contribution < 1.29 is 14.1 Å². The van der Waals surface area contributed by atoms with Gasteiger partial charge in [-0.3, -0.25) is 5.32 Å². The summed E-state index contributed by atoms with van der Waals surface area (Å²) < 4.78 is 13.3. The molecule has 6 rings (SSSR count). The number of carbonyl (C=O) groups is 1. The Bertz CT molecular complexity index is 1680. The lowest BCUT2D eigenvalue weighted by molar-refractivity contribution is 0.236. The molecular weight excluding hydrogens is 532 g/mol. The molecule has 0 bridgehead atoms. The van der Waals surface area contributed by atoms with Crippen molar-refractivity contribution in [3.05, 3.63) is 72.8 Å². The number of urea groups is 1. The first-order valence-electron chi connectivity index (χ1n) is 14.1. The SMILES string of the molecule is CC(C)(C)c1cc(NC(=O)NC2CCC(n3nc(-c4ccc(Oc5ccccc5)cc4)c4c(N)ncnc43)CC2)no1. The standard InChI is InChI=1S/C31H34N8O3/c1-31(2,3)24-17-25(38-42-24)36-30(40)35-20-11-13-21(14-12-20)39-29-26(28(32)33-18-34-29)27(37-39)19-9-15-23(16-10-19)41-22-7-5-4-6-8-22/h4-10,15-18,20-21H,11-14H2,1-3H3,(H2,32,33,34)(H2,35,36,38,40). The largest absolute Gasteiger partial charge is 0.457 e. The van der Waals surface area contributed by atoms with Crippen LogP contribution in [0, 0.1) is 0 Å². The number of carbonyl (C=O) groups excluding carboxylic acids is 1. The van der Waals surface area contributed by atoms with E-state index in [0.29, 0.717) is 23.0 Å². The molecule has 1 aliphatic carbocycles. The van der Waals surface area contributed by atoms with Gasteiger partial charge in [0.15, 0.2) is 11.5 Å². The van der Waals surface area contributed by atoms with Crippen molar-refractivity contribution in [3.8, 4) is 22.8 Å². The highest BCUT2D eigenvalue weighted by Crippen LogP contribution is 2.36. The van der Waals surface area contributed by atoms with Gasteiger partial charge in [0.2, 0.25) is 0 Å². The van der Waals surface area contributed by atoms with Crippen molar-refractivity contribution in [1.82, 2.24) is 30.2 Å². The maximum atomic E-state index is 12.6. The molecule has 1 saturated carbocycles. The molecule has 0 radical (unpaired) electrons. The highest BCUT2D eigenvalue weighted by molar-refractivity contribution is 5.98. The molecule has 3 aromatic heterocycles. The minimum Gasteiger partial charge on any atom is -0.457 e. The monoisotopic (exact) mass is 566 g/mol. The van der Waals surface area contributed by atoms with Crippen LogP contribution in [-0.2, 0) is 5.41 Å². The maximum absolute atomic E-state index is 12.6. The van der Waals surface area contributed by atoms with Crippen LogP contribution in [-0.4, -0.2) is 37.0 Å². The van der Waals surface area contributed by atoms with Gasteiger partial charge in [0, 0.05) is 23.1 Å². The number of hydrogen-bond acceptors (Lipinski definition) is 8. The predicted octanol–water partition coefficient (Wildman–Crippen LogP) is 6.46. The molecule has 42 heavy (non-hydrogen) atoms. The number of amides is 2. The van der Waals surface area contributed by atoms with Crippen molar-refractivity contribution >= 4 is 28.7 Å². The van der Waals surface area contributed by atoms with E-state index in [1.807, 2.05) is 80.1 Å². The van der Waals surface area contributed by atoms with Gasteiger partial charge in [0.05, 0.1) is 11.4 Å². The van der Waals surface area contributed by atoms with Crippen LogP contribution in [0.2, 0.25) is 0 Å². The first-order valence-corrected chi connectivity index (χ1v) is 14.1. The maximum Gasteiger partial charge on any atom is 0.320 e. The van der Waals surface area contributed by atoms with Crippen molar-refractivity contribution in [2.75, 3.05) is 11.1 Å². The third-order valence-electron chi connectivity index (χ3n) is 7.49. The molecule has 0 spiro atoms. The summed E-state index contributed by atoms with van der Waals surface area (Å²) >= 11 is 0. The zero-order chi connectivity index (χ0) is 29.3. The Morgan fingerprint density at radius 1 is 1.00 bits per heavy atom. The number of nitrogens with one attached hydrogen (secondary N) is 2. The molecule has 11 heteroatoms. The van der Waals surface area contributed by atoms with E-state index < -0.39 is 0 Å². The van der Waals surface area contributed by atoms with Gasteiger partial charge in [-0.05, 0) is 62.1 Å². The Kier molecular flexibility index (Phi) is 7.24. The lowest BCUT2D eigenvalue weighted by Gasteiger charge is -2.29. The number of benzene rings is 2. The van der Waals surface area contributed by atoms with E-state index in [4.69, 9.17) is 20.1 Å². The molecule has 0 aliphatic heterocycles. The van der Waals surface area contributed by atoms with E-state index in [2.05, 4.69) is 25.8 Å². The number of anilines is 2. The molecule has 1 aliphatic rings. The first-order chi connectivity index (χ1) is 20.2. The number of nitrogen functional groups attached to an aromatic ring is 1. The third kappa shape index (κ3) is 5.76. The number of rotatable bonds is 6. The average Bonchev–Trinajstić information content (AvgIpc) is 3.61. The molecule has 3 heterocycles. The number of ether oxygens (including phenoxy) is 1. The van der Waals surface area contributed by atoms with Crippen LogP contribution in [0.3, 0.4) is 0 Å². The zero-order valence-electron chi connectivity index (χ0n) is 23.9. The first kappa shape index (κ1) is 27.3. The lowest BCUT2D eigenvalue weighted by atomic mass is 9.91. The zero-order valence-corrected chi connectivity index (χ0v) is 23.9. The van der Waals surface area contributed by atoms with E-state index in [0.717, 1.165) is 53.8 Å². The van der Waals surface area contributed by atoms with Crippen LogP contribution in [0.5, 0.6) is 11.5 Å². The smallest absolute Gasteiger partial charge is 0.320 e. The van der Waals surface area contributed by atoms with E-state index in [-0.39, 0.29) is 23.5 Å². The molecular formula is C31H34N8O3. The predicted molar refractivity (Wildman–Crippen MR) is 160 cm³/mol. The van der Waals surface area contributed by atoms with Crippen LogP contribution in [0.1, 0.15) is 58.3 Å². The van der Waals surface area contributed by atoms with E-state index >= 15 is 0 Å². The topological polar surface area (TPSA) is 146 Å². The Morgan fingerprint density at radius 2 is 1.71 bits per heavy atom. The van der Waals surface area contributed by atoms with Crippen molar-refractivity contribution in [2.45, 2.75) is 64.0 Å². The average molecular weight is 567 g/mol. The summed E-state index contributed by atoms with van der Waals surface area (Å²) in [7, 11) is 0. The summed E-state index contributed by atoms with van der Waals surface area (Å²) in [4.78, 5) is 21.4. The Balaban J connectivity index is 1.14. The van der Waals surface area contributed by atoms with Crippen LogP contribution in [0.4, 0.5) is 16.4 Å². The van der Waals surface area contributed by atoms with Crippen LogP contribution in [0.25, 0.3) is 22.3 Å². The van der Waals surface area contributed by atoms with Gasteiger partial charge >= 0.3 is 6.03 Å². The highest BCUT2D eigenvalue weighted by Gasteiger charge is 2.28. The summed E-state index contributed by atoms with van der Waals surface area (Å²) in [6.45, 7) is 6.08. The fourth-order valence-corrected chi connectivity index (χ4v) is 5.25. The summed E-state index contributed by atoms with van der Waals surface area (Å²) in [6, 6.07) is 19.0. The number of para-hydroxylation sites is 1. The van der Waals surface area contributed by atoms with Crippen LogP contribution in [0.15, 0.2) is 71.5 Å². The van der Waals surface area contributed by atoms with Crippen LogP contribution < -0.4 is 21.1 Å². The van der Waals surface area contributed by atoms with E-state index in [9.17, 15) is 4.79 Å². The third-order valence-corrected chi connectivity index (χ3v) is 7.49. The summed E-state index contributed by atoms with van der Waals surface area (Å²) in [6.07, 6.45) is 4.73. The summed E-state index contributed by atoms with van der Waals surface area (Å²) in [5.41, 5.74) is 8.49. The molecule has 0 saturated heterocycles. The minimum absolute atomic E-state index is 0.0355. The minimum atomic E-state index is -0.292. The quantitative estimate of drug-likeness (QED) is 0.212. The second kappa shape index (κ2) is 11.2. The van der Waals surface area contributed by atoms with Gasteiger partial charge in [-0.1, -0.05) is 44.1 Å². The van der Waals surface area contributed by atoms with Gasteiger partial charge in [-0.25, -0.2) is 19.4 Å². The fourth-order valence-electron chi connectivity index (χ4n) is 5.25. The molecule has 11 nitrogen and oxygen atoms in total. The number of nitrogens with two attached hydrogens (primary N) is 1. The molecule has 2 aromatic carbocycles. The van der Waals surface area contributed by atoms with Gasteiger partial charge in [0.1, 0.15) is 35.1 Å². The van der Waals surface area contributed by atoms with Gasteiger partial charge in [-0.15, -0.1) is 0 Å². The Morgan fingerprint density at radius 3 is 2.40 bits per heavy atom. The number of nitrogens with zero attached hydrogens (tertiary/aromatic N) is 5. The van der Waals surface area contributed by atoms with Gasteiger partial charge in [0.25, 0.3) is 0 Å². The van der Waals surface area contributed by atoms with Crippen molar-refractivity contribution in [3.63, 3.8) is 0 Å². The second-order valence-electron chi connectivity index (χ2n) is 11.6. The number of hydrogen-bond donors (Lipinski definition) is 3. The van der Waals surface area contributed by atoms with E-state index in [1.54, 1.807) is 6.07 Å². The number of fused-ring (bicyclic) bond motifs is 1. The summed E-state index contributed by atoms with van der Waals surface area (Å²) in [5.74, 6) is 3.00. The van der Waals surface area contributed by atoms with Gasteiger partial charge in [-0.2, -0.15) is 5.10 Å². The lowest BCUT2D eigenvalue weighted by Crippen LogP contribution is -2.40.